The Balaban J connectivity index is 2.13. The standard InChI is InChI=1S/C30H33BrO12S/c1-15-11-22(42-30(36)37-6)13-24(23(15)12-20-7-9-21(31)10-8-20)43-29-28(41-19(5)35)27(40-18(4)34)26(39-17(3)33)25(44-29)14-38-16(2)32/h7-11,13,25-29H,12,14H2,1-6H3/t25-,26-,27+,28-,29-/m1/s1. The summed E-state index contributed by atoms with van der Waals surface area (Å²) in [5, 5.41) is -0.797. The highest BCUT2D eigenvalue weighted by molar-refractivity contribution is 9.10. The second-order valence-electron chi connectivity index (χ2n) is 9.76. The zero-order valence-electron chi connectivity index (χ0n) is 25.0. The van der Waals surface area contributed by atoms with Crippen molar-refractivity contribution in [3.05, 3.63) is 57.6 Å². The largest absolute Gasteiger partial charge is 0.513 e. The molecule has 0 saturated carbocycles. The number of rotatable bonds is 10. The number of carbonyl (C=O) groups is 5. The lowest BCUT2D eigenvalue weighted by atomic mass is 9.99. The number of esters is 4. The van der Waals surface area contributed by atoms with Crippen LogP contribution in [-0.2, 0) is 49.3 Å². The Kier molecular flexibility index (Phi) is 12.5. The first-order valence-electron chi connectivity index (χ1n) is 13.4. The van der Waals surface area contributed by atoms with Crippen LogP contribution in [0.4, 0.5) is 4.79 Å². The minimum absolute atomic E-state index is 0.125. The van der Waals surface area contributed by atoms with Crippen molar-refractivity contribution in [3.8, 4) is 11.5 Å². The average molecular weight is 698 g/mol. The summed E-state index contributed by atoms with van der Waals surface area (Å²) in [7, 11) is 1.18. The van der Waals surface area contributed by atoms with Crippen molar-refractivity contribution >= 4 is 57.7 Å². The van der Waals surface area contributed by atoms with Crippen LogP contribution in [0.1, 0.15) is 44.4 Å². The van der Waals surface area contributed by atoms with E-state index in [9.17, 15) is 24.0 Å². The Morgan fingerprint density at radius 2 is 1.41 bits per heavy atom. The Hall–Kier alpha value is -3.78. The van der Waals surface area contributed by atoms with Crippen LogP contribution < -0.4 is 9.47 Å². The molecular weight excluding hydrogens is 664 g/mol. The van der Waals surface area contributed by atoms with Gasteiger partial charge in [0.25, 0.3) is 0 Å². The van der Waals surface area contributed by atoms with Gasteiger partial charge in [-0.3, -0.25) is 19.2 Å². The van der Waals surface area contributed by atoms with E-state index in [1.807, 2.05) is 31.2 Å². The van der Waals surface area contributed by atoms with Crippen molar-refractivity contribution in [2.24, 2.45) is 0 Å². The summed E-state index contributed by atoms with van der Waals surface area (Å²) in [6.45, 7) is 6.29. The number of hydrogen-bond donors (Lipinski definition) is 0. The van der Waals surface area contributed by atoms with Crippen LogP contribution in [0.3, 0.4) is 0 Å². The number of carbonyl (C=O) groups excluding carboxylic acids is 5. The van der Waals surface area contributed by atoms with Gasteiger partial charge in [0, 0.05) is 50.2 Å². The zero-order chi connectivity index (χ0) is 32.6. The lowest BCUT2D eigenvalue weighted by molar-refractivity contribution is -0.190. The minimum Gasteiger partial charge on any atom is -0.475 e. The Morgan fingerprint density at radius 1 is 0.818 bits per heavy atom. The molecule has 2 aromatic rings. The van der Waals surface area contributed by atoms with Crippen molar-refractivity contribution in [2.75, 3.05) is 13.7 Å². The maximum absolute atomic E-state index is 12.3. The Bertz CT molecular complexity index is 1380. The predicted molar refractivity (Wildman–Crippen MR) is 160 cm³/mol. The van der Waals surface area contributed by atoms with Crippen molar-refractivity contribution in [1.82, 2.24) is 0 Å². The summed E-state index contributed by atoms with van der Waals surface area (Å²) in [4.78, 5) is 60.2. The van der Waals surface area contributed by atoms with Crippen LogP contribution in [0, 0.1) is 6.92 Å². The van der Waals surface area contributed by atoms with Crippen molar-refractivity contribution < 1.29 is 57.1 Å². The quantitative estimate of drug-likeness (QED) is 0.192. The molecule has 0 amide bonds. The van der Waals surface area contributed by atoms with E-state index < -0.39 is 59.0 Å². The topological polar surface area (TPSA) is 150 Å². The molecule has 238 valence electrons. The molecule has 0 aromatic heterocycles. The number of thioether (sulfide) groups is 1. The highest BCUT2D eigenvalue weighted by Crippen LogP contribution is 2.41. The minimum atomic E-state index is -1.32. The van der Waals surface area contributed by atoms with Gasteiger partial charge in [-0.2, -0.15) is 0 Å². The predicted octanol–water partition coefficient (Wildman–Crippen LogP) is 4.67. The van der Waals surface area contributed by atoms with Crippen LogP contribution in [0.5, 0.6) is 11.5 Å². The van der Waals surface area contributed by atoms with Gasteiger partial charge in [-0.05, 0) is 36.2 Å². The van der Waals surface area contributed by atoms with E-state index in [4.69, 9.17) is 28.4 Å². The second kappa shape index (κ2) is 15.8. The van der Waals surface area contributed by atoms with Crippen LogP contribution in [0.15, 0.2) is 40.9 Å². The fraction of sp³-hybridized carbons (Fsp3) is 0.433. The number of hydrogen-bond acceptors (Lipinski definition) is 13. The molecule has 0 radical (unpaired) electrons. The smallest absolute Gasteiger partial charge is 0.475 e. The number of methoxy groups -OCH3 is 1. The maximum atomic E-state index is 12.3. The Morgan fingerprint density at radius 3 is 1.98 bits per heavy atom. The molecular formula is C30H33BrO12S. The van der Waals surface area contributed by atoms with Crippen molar-refractivity contribution in [3.63, 3.8) is 0 Å². The molecule has 0 spiro atoms. The summed E-state index contributed by atoms with van der Waals surface area (Å²) >= 11 is 4.50. The molecule has 1 aliphatic rings. The Labute approximate surface area is 267 Å². The van der Waals surface area contributed by atoms with Crippen LogP contribution in [0.2, 0.25) is 0 Å². The molecule has 44 heavy (non-hydrogen) atoms. The highest BCUT2D eigenvalue weighted by atomic mass is 79.9. The molecule has 0 unspecified atom stereocenters. The van der Waals surface area contributed by atoms with Gasteiger partial charge in [0.1, 0.15) is 18.1 Å². The fourth-order valence-corrected chi connectivity index (χ4v) is 6.14. The second-order valence-corrected chi connectivity index (χ2v) is 12.0. The van der Waals surface area contributed by atoms with Gasteiger partial charge in [0.05, 0.1) is 12.4 Å². The van der Waals surface area contributed by atoms with Gasteiger partial charge in [0.15, 0.2) is 23.7 Å². The SMILES string of the molecule is COC(=O)Oc1cc(C)c(Cc2ccc(Br)cc2)c(O[C@@H]2S[C@H](COC(C)=O)[C@@H](OC(C)=O)[C@H](OC(C)=O)[C@H]2OC(C)=O)c1. The normalized spacial score (nSPS) is 20.9. The summed E-state index contributed by atoms with van der Waals surface area (Å²) in [6, 6.07) is 10.8. The monoisotopic (exact) mass is 696 g/mol. The lowest BCUT2D eigenvalue weighted by Crippen LogP contribution is -2.59. The van der Waals surface area contributed by atoms with Crippen LogP contribution >= 0.6 is 27.7 Å². The van der Waals surface area contributed by atoms with Gasteiger partial charge >= 0.3 is 30.0 Å². The van der Waals surface area contributed by atoms with Crippen molar-refractivity contribution in [2.45, 2.75) is 70.0 Å². The first kappa shape index (κ1) is 34.7. The maximum Gasteiger partial charge on any atom is 0.513 e. The molecule has 1 aliphatic heterocycles. The molecule has 0 N–H and O–H groups in total. The number of ether oxygens (including phenoxy) is 7. The molecule has 14 heteroatoms. The third-order valence-corrected chi connectivity index (χ3v) is 8.17. The molecule has 5 atom stereocenters. The third-order valence-electron chi connectivity index (χ3n) is 6.26. The fourth-order valence-electron chi connectivity index (χ4n) is 4.50. The molecule has 2 aromatic carbocycles. The van der Waals surface area contributed by atoms with E-state index in [0.29, 0.717) is 12.0 Å². The molecule has 12 nitrogen and oxygen atoms in total. The molecule has 3 rings (SSSR count). The summed E-state index contributed by atoms with van der Waals surface area (Å²) in [5.41, 5.74) is 1.29. The van der Waals surface area contributed by atoms with E-state index >= 15 is 0 Å². The number of benzene rings is 2. The van der Waals surface area contributed by atoms with E-state index in [2.05, 4.69) is 20.7 Å². The number of aryl methyl sites for hydroxylation is 1. The summed E-state index contributed by atoms with van der Waals surface area (Å²) in [5.74, 6) is -2.34. The van der Waals surface area contributed by atoms with Crippen LogP contribution in [0.25, 0.3) is 0 Å². The average Bonchev–Trinajstić information content (AvgIpc) is 2.93. The van der Waals surface area contributed by atoms with Gasteiger partial charge in [-0.1, -0.05) is 28.1 Å². The molecule has 0 bridgehead atoms. The van der Waals surface area contributed by atoms with Gasteiger partial charge in [-0.25, -0.2) is 4.79 Å². The molecule has 0 aliphatic carbocycles. The first-order valence-corrected chi connectivity index (χ1v) is 15.1. The lowest BCUT2D eigenvalue weighted by Gasteiger charge is -2.43. The summed E-state index contributed by atoms with van der Waals surface area (Å²) in [6.07, 6.45) is -4.30. The van der Waals surface area contributed by atoms with Crippen molar-refractivity contribution in [1.29, 1.82) is 0 Å². The zero-order valence-corrected chi connectivity index (χ0v) is 27.4. The third kappa shape index (κ3) is 9.88. The van der Waals surface area contributed by atoms with E-state index in [1.54, 1.807) is 6.07 Å². The van der Waals surface area contributed by atoms with Crippen LogP contribution in [-0.4, -0.2) is 72.7 Å². The van der Waals surface area contributed by atoms with Gasteiger partial charge < -0.3 is 33.2 Å². The van der Waals surface area contributed by atoms with E-state index in [1.165, 1.54) is 33.9 Å². The molecule has 1 saturated heterocycles. The summed E-state index contributed by atoms with van der Waals surface area (Å²) < 4.78 is 39.3. The number of halogens is 1. The van der Waals surface area contributed by atoms with E-state index in [-0.39, 0.29) is 18.1 Å². The molecule has 1 fully saturated rings. The molecule has 1 heterocycles. The van der Waals surface area contributed by atoms with Gasteiger partial charge in [-0.15, -0.1) is 11.8 Å². The highest BCUT2D eigenvalue weighted by Gasteiger charge is 2.53. The van der Waals surface area contributed by atoms with E-state index in [0.717, 1.165) is 34.3 Å². The first-order chi connectivity index (χ1) is 20.8. The van der Waals surface area contributed by atoms with Gasteiger partial charge in [0.2, 0.25) is 0 Å².